The molecule has 0 aliphatic rings. The van der Waals surface area contributed by atoms with E-state index < -0.39 is 29.3 Å². The third-order valence-electron chi connectivity index (χ3n) is 2.90. The van der Waals surface area contributed by atoms with Crippen molar-refractivity contribution in [3.05, 3.63) is 64.4 Å². The summed E-state index contributed by atoms with van der Waals surface area (Å²) in [6.45, 7) is -0.238. The van der Waals surface area contributed by atoms with Gasteiger partial charge in [0.15, 0.2) is 0 Å². The molecule has 1 N–H and O–H groups in total. The predicted molar refractivity (Wildman–Crippen MR) is 78.3 cm³/mol. The van der Waals surface area contributed by atoms with Crippen LogP contribution in [0.1, 0.15) is 21.5 Å². The third kappa shape index (κ3) is 4.45. The van der Waals surface area contributed by atoms with E-state index in [-0.39, 0.29) is 6.61 Å². The van der Waals surface area contributed by atoms with E-state index in [1.807, 2.05) is 0 Å². The zero-order valence-electron chi connectivity index (χ0n) is 11.9. The molecule has 24 heavy (non-hydrogen) atoms. The van der Waals surface area contributed by atoms with Gasteiger partial charge in [0.05, 0.1) is 11.1 Å². The van der Waals surface area contributed by atoms with E-state index in [4.69, 9.17) is 16.3 Å². The van der Waals surface area contributed by atoms with Crippen molar-refractivity contribution in [3.63, 3.8) is 0 Å². The van der Waals surface area contributed by atoms with E-state index in [0.29, 0.717) is 16.7 Å². The number of benzene rings is 1. The Labute approximate surface area is 139 Å². The van der Waals surface area contributed by atoms with Crippen LogP contribution < -0.4 is 5.32 Å². The number of halogens is 4. The van der Waals surface area contributed by atoms with Gasteiger partial charge in [-0.05, 0) is 12.1 Å². The van der Waals surface area contributed by atoms with Crippen molar-refractivity contribution >= 4 is 23.6 Å². The zero-order chi connectivity index (χ0) is 17.7. The van der Waals surface area contributed by atoms with Crippen molar-refractivity contribution in [2.75, 3.05) is 0 Å². The summed E-state index contributed by atoms with van der Waals surface area (Å²) in [6.07, 6.45) is -4.33. The fraction of sp³-hybridized carbons (Fsp3) is 0.133. The van der Waals surface area contributed by atoms with Gasteiger partial charge in [-0.1, -0.05) is 29.8 Å². The van der Waals surface area contributed by atoms with Gasteiger partial charge < -0.3 is 4.74 Å². The highest BCUT2D eigenvalue weighted by Gasteiger charge is 2.35. The van der Waals surface area contributed by atoms with Crippen molar-refractivity contribution in [3.8, 4) is 0 Å². The van der Waals surface area contributed by atoms with Gasteiger partial charge in [0, 0.05) is 23.0 Å². The second-order valence-corrected chi connectivity index (χ2v) is 4.95. The van der Waals surface area contributed by atoms with Crippen LogP contribution in [0.25, 0.3) is 0 Å². The van der Waals surface area contributed by atoms with Crippen LogP contribution in [0, 0.1) is 0 Å². The van der Waals surface area contributed by atoms with Gasteiger partial charge in [-0.2, -0.15) is 13.2 Å². The van der Waals surface area contributed by atoms with E-state index in [0.717, 1.165) is 12.4 Å². The van der Waals surface area contributed by atoms with Crippen LogP contribution in [0.3, 0.4) is 0 Å². The van der Waals surface area contributed by atoms with E-state index in [1.165, 1.54) is 0 Å². The van der Waals surface area contributed by atoms with Gasteiger partial charge in [0.2, 0.25) is 0 Å². The molecule has 2 amide bonds. The molecule has 0 atom stereocenters. The number of carbonyl (C=O) groups is 2. The minimum atomic E-state index is -4.75. The van der Waals surface area contributed by atoms with Crippen LogP contribution in [0.5, 0.6) is 0 Å². The molecule has 0 fully saturated rings. The van der Waals surface area contributed by atoms with Crippen LogP contribution in [0.2, 0.25) is 5.02 Å². The molecule has 0 unspecified atom stereocenters. The SMILES string of the molecule is O=C(NC(=O)c1cnccc1C(F)(F)F)OCc1ccccc1Cl. The standard InChI is InChI=1S/C15H10ClF3N2O3/c16-12-4-2-1-3-9(12)8-24-14(23)21-13(22)10-7-20-6-5-11(10)15(17,18)19/h1-7H,8H2,(H,21,22,23). The number of amides is 2. The number of hydrogen-bond acceptors (Lipinski definition) is 4. The number of carbonyl (C=O) groups excluding carboxylic acids is 2. The summed E-state index contributed by atoms with van der Waals surface area (Å²) in [5, 5.41) is 2.07. The van der Waals surface area contributed by atoms with Crippen molar-refractivity contribution < 1.29 is 27.5 Å². The average molecular weight is 359 g/mol. The lowest BCUT2D eigenvalue weighted by Crippen LogP contribution is -2.32. The number of ether oxygens (including phenoxy) is 1. The molecular weight excluding hydrogens is 349 g/mol. The van der Waals surface area contributed by atoms with Gasteiger partial charge in [-0.3, -0.25) is 15.1 Å². The fourth-order valence-electron chi connectivity index (χ4n) is 1.78. The molecule has 0 aliphatic carbocycles. The van der Waals surface area contributed by atoms with Crippen LogP contribution in [-0.4, -0.2) is 17.0 Å². The number of pyridine rings is 1. The number of imide groups is 1. The Kier molecular flexibility index (Phi) is 5.40. The van der Waals surface area contributed by atoms with Crippen LogP contribution >= 0.6 is 11.6 Å². The van der Waals surface area contributed by atoms with Gasteiger partial charge in [-0.15, -0.1) is 0 Å². The molecule has 0 radical (unpaired) electrons. The topological polar surface area (TPSA) is 68.3 Å². The highest BCUT2D eigenvalue weighted by molar-refractivity contribution is 6.31. The molecule has 0 aliphatic heterocycles. The first-order chi connectivity index (χ1) is 11.3. The van der Waals surface area contributed by atoms with E-state index in [1.54, 1.807) is 29.6 Å². The van der Waals surface area contributed by atoms with E-state index in [9.17, 15) is 22.8 Å². The van der Waals surface area contributed by atoms with Crippen molar-refractivity contribution in [1.29, 1.82) is 0 Å². The number of alkyl halides is 3. The monoisotopic (exact) mass is 358 g/mol. The molecule has 126 valence electrons. The number of alkyl carbamates (subject to hydrolysis) is 1. The summed E-state index contributed by atoms with van der Waals surface area (Å²) in [4.78, 5) is 26.9. The molecular formula is C15H10ClF3N2O3. The van der Waals surface area contributed by atoms with Gasteiger partial charge >= 0.3 is 12.3 Å². The fourth-order valence-corrected chi connectivity index (χ4v) is 1.97. The smallest absolute Gasteiger partial charge is 0.417 e. The molecule has 2 aromatic rings. The van der Waals surface area contributed by atoms with E-state index >= 15 is 0 Å². The summed E-state index contributed by atoms with van der Waals surface area (Å²) in [6, 6.07) is 7.16. The lowest BCUT2D eigenvalue weighted by Gasteiger charge is -2.12. The van der Waals surface area contributed by atoms with Crippen LogP contribution in [0.4, 0.5) is 18.0 Å². The van der Waals surface area contributed by atoms with Gasteiger partial charge in [-0.25, -0.2) is 4.79 Å². The first-order valence-corrected chi connectivity index (χ1v) is 6.89. The van der Waals surface area contributed by atoms with Crippen molar-refractivity contribution in [2.24, 2.45) is 0 Å². The zero-order valence-corrected chi connectivity index (χ0v) is 12.7. The molecule has 0 saturated carbocycles. The molecule has 1 aromatic carbocycles. The summed E-state index contributed by atoms with van der Waals surface area (Å²) in [7, 11) is 0. The third-order valence-corrected chi connectivity index (χ3v) is 3.27. The van der Waals surface area contributed by atoms with Crippen LogP contribution in [0.15, 0.2) is 42.7 Å². The molecule has 2 rings (SSSR count). The number of nitrogens with one attached hydrogen (secondary N) is 1. The Hall–Kier alpha value is -2.61. The summed E-state index contributed by atoms with van der Waals surface area (Å²) < 4.78 is 43.2. The van der Waals surface area contributed by atoms with Crippen molar-refractivity contribution in [2.45, 2.75) is 12.8 Å². The molecule has 1 aromatic heterocycles. The number of hydrogen-bond donors (Lipinski definition) is 1. The summed E-state index contributed by atoms with van der Waals surface area (Å²) >= 11 is 5.87. The van der Waals surface area contributed by atoms with Gasteiger partial charge in [0.25, 0.3) is 5.91 Å². The maximum absolute atomic E-state index is 12.8. The molecule has 0 spiro atoms. The largest absolute Gasteiger partial charge is 0.444 e. The Morgan fingerprint density at radius 1 is 1.21 bits per heavy atom. The predicted octanol–water partition coefficient (Wildman–Crippen LogP) is 3.82. The molecule has 9 heteroatoms. The average Bonchev–Trinajstić information content (AvgIpc) is 2.53. The highest BCUT2D eigenvalue weighted by Crippen LogP contribution is 2.31. The number of nitrogens with zero attached hydrogens (tertiary/aromatic N) is 1. The minimum absolute atomic E-state index is 0.238. The number of rotatable bonds is 3. The summed E-state index contributed by atoms with van der Waals surface area (Å²) in [5.41, 5.74) is -1.49. The highest BCUT2D eigenvalue weighted by atomic mass is 35.5. The lowest BCUT2D eigenvalue weighted by atomic mass is 10.1. The Bertz CT molecular complexity index is 766. The molecule has 0 saturated heterocycles. The molecule has 1 heterocycles. The Morgan fingerprint density at radius 3 is 2.58 bits per heavy atom. The number of aromatic nitrogens is 1. The summed E-state index contributed by atoms with van der Waals surface area (Å²) in [5.74, 6) is -1.26. The minimum Gasteiger partial charge on any atom is -0.444 e. The Morgan fingerprint density at radius 2 is 1.92 bits per heavy atom. The molecule has 5 nitrogen and oxygen atoms in total. The first kappa shape index (κ1) is 17.7. The van der Waals surface area contributed by atoms with Crippen molar-refractivity contribution in [1.82, 2.24) is 10.3 Å². The van der Waals surface area contributed by atoms with Gasteiger partial charge in [0.1, 0.15) is 6.61 Å². The molecule has 0 bridgehead atoms. The maximum atomic E-state index is 12.8. The van der Waals surface area contributed by atoms with Crippen LogP contribution in [-0.2, 0) is 17.5 Å². The second-order valence-electron chi connectivity index (χ2n) is 4.54. The first-order valence-electron chi connectivity index (χ1n) is 6.51. The second kappa shape index (κ2) is 7.31. The normalized spacial score (nSPS) is 11.0. The Balaban J connectivity index is 2.03. The lowest BCUT2D eigenvalue weighted by molar-refractivity contribution is -0.138. The maximum Gasteiger partial charge on any atom is 0.417 e. The quantitative estimate of drug-likeness (QED) is 0.905. The van der Waals surface area contributed by atoms with E-state index in [2.05, 4.69) is 4.98 Å².